The minimum atomic E-state index is 0.0453. The molecule has 0 saturated carbocycles. The van der Waals surface area contributed by atoms with Gasteiger partial charge in [-0.2, -0.15) is 5.10 Å². The Morgan fingerprint density at radius 3 is 2.63 bits per heavy atom. The van der Waals surface area contributed by atoms with Gasteiger partial charge in [-0.3, -0.25) is 0 Å². The smallest absolute Gasteiger partial charge is 0.151 e. The van der Waals surface area contributed by atoms with Gasteiger partial charge in [-0.15, -0.1) is 5.10 Å². The number of imidazole rings is 1. The predicted molar refractivity (Wildman–Crippen MR) is 74.0 cm³/mol. The summed E-state index contributed by atoms with van der Waals surface area (Å²) in [5, 5.41) is 8.71. The van der Waals surface area contributed by atoms with Crippen molar-refractivity contribution in [1.29, 1.82) is 0 Å². The van der Waals surface area contributed by atoms with Crippen LogP contribution in [0.15, 0.2) is 24.5 Å². The number of aromatic nitrogens is 4. The van der Waals surface area contributed by atoms with Crippen LogP contribution in [0.4, 0.5) is 5.82 Å². The molecule has 5 heteroatoms. The van der Waals surface area contributed by atoms with Crippen molar-refractivity contribution in [3.63, 3.8) is 0 Å². The highest BCUT2D eigenvalue weighted by atomic mass is 15.3. The van der Waals surface area contributed by atoms with Crippen LogP contribution in [0.2, 0.25) is 0 Å². The van der Waals surface area contributed by atoms with Crippen LogP contribution in [0.3, 0.4) is 0 Å². The lowest BCUT2D eigenvalue weighted by Gasteiger charge is -2.28. The van der Waals surface area contributed by atoms with Crippen LogP contribution in [0.25, 0.3) is 0 Å². The molecule has 19 heavy (non-hydrogen) atoms. The lowest BCUT2D eigenvalue weighted by molar-refractivity contribution is 0.542. The lowest BCUT2D eigenvalue weighted by atomic mass is 9.92. The second kappa shape index (κ2) is 4.33. The third-order valence-corrected chi connectivity index (χ3v) is 3.49. The van der Waals surface area contributed by atoms with Gasteiger partial charge in [0.05, 0.1) is 12.2 Å². The molecule has 0 fully saturated rings. The minimum Gasteiger partial charge on any atom is -0.346 e. The molecule has 0 bridgehead atoms. The Bertz CT molecular complexity index is 564. The van der Waals surface area contributed by atoms with E-state index in [0.717, 1.165) is 37.0 Å². The number of hydrogen-bond donors (Lipinski definition) is 0. The Kier molecular flexibility index (Phi) is 2.77. The van der Waals surface area contributed by atoms with E-state index in [-0.39, 0.29) is 5.41 Å². The molecule has 3 rings (SSSR count). The third-order valence-electron chi connectivity index (χ3n) is 3.49. The van der Waals surface area contributed by atoms with Crippen LogP contribution in [-0.4, -0.2) is 26.3 Å². The number of nitrogens with zero attached hydrogens (tertiary/aromatic N) is 5. The summed E-state index contributed by atoms with van der Waals surface area (Å²) in [5.74, 6) is 2.02. The number of anilines is 1. The van der Waals surface area contributed by atoms with Gasteiger partial charge >= 0.3 is 0 Å². The van der Waals surface area contributed by atoms with E-state index < -0.39 is 0 Å². The molecule has 1 aliphatic rings. The highest BCUT2D eigenvalue weighted by Crippen LogP contribution is 2.22. The van der Waals surface area contributed by atoms with Crippen molar-refractivity contribution in [3.05, 3.63) is 36.0 Å². The van der Waals surface area contributed by atoms with Crippen molar-refractivity contribution in [2.24, 2.45) is 0 Å². The van der Waals surface area contributed by atoms with Gasteiger partial charge in [-0.25, -0.2) is 4.98 Å². The van der Waals surface area contributed by atoms with Crippen molar-refractivity contribution in [1.82, 2.24) is 19.7 Å². The van der Waals surface area contributed by atoms with Gasteiger partial charge in [-0.1, -0.05) is 20.8 Å². The molecule has 3 heterocycles. The summed E-state index contributed by atoms with van der Waals surface area (Å²) in [7, 11) is 0. The van der Waals surface area contributed by atoms with Gasteiger partial charge in [0.15, 0.2) is 5.82 Å². The van der Waals surface area contributed by atoms with Gasteiger partial charge < -0.3 is 9.47 Å². The van der Waals surface area contributed by atoms with Crippen LogP contribution >= 0.6 is 0 Å². The molecular formula is C14H19N5. The average molecular weight is 257 g/mol. The van der Waals surface area contributed by atoms with E-state index in [1.165, 1.54) is 0 Å². The van der Waals surface area contributed by atoms with Crippen molar-refractivity contribution in [2.75, 3.05) is 11.4 Å². The van der Waals surface area contributed by atoms with E-state index in [1.807, 2.05) is 12.4 Å². The average Bonchev–Trinajstić information content (AvgIpc) is 2.85. The molecule has 0 atom stereocenters. The Morgan fingerprint density at radius 2 is 1.95 bits per heavy atom. The van der Waals surface area contributed by atoms with Gasteiger partial charge in [-0.05, 0) is 12.1 Å². The van der Waals surface area contributed by atoms with Crippen molar-refractivity contribution in [2.45, 2.75) is 39.3 Å². The molecule has 0 aromatic carbocycles. The molecule has 2 aromatic rings. The Balaban J connectivity index is 1.81. The van der Waals surface area contributed by atoms with E-state index in [4.69, 9.17) is 0 Å². The first kappa shape index (κ1) is 12.1. The molecule has 0 amide bonds. The molecule has 1 aliphatic heterocycles. The zero-order valence-corrected chi connectivity index (χ0v) is 11.7. The second-order valence-electron chi connectivity index (χ2n) is 5.99. The van der Waals surface area contributed by atoms with Crippen LogP contribution in [0.1, 0.15) is 32.3 Å². The van der Waals surface area contributed by atoms with Crippen molar-refractivity contribution >= 4 is 5.82 Å². The fourth-order valence-corrected chi connectivity index (χ4v) is 2.26. The predicted octanol–water partition coefficient (Wildman–Crippen LogP) is 1.99. The zero-order valence-electron chi connectivity index (χ0n) is 11.7. The summed E-state index contributed by atoms with van der Waals surface area (Å²) in [5.41, 5.74) is 1.07. The van der Waals surface area contributed by atoms with Crippen LogP contribution in [-0.2, 0) is 18.5 Å². The number of hydrogen-bond acceptors (Lipinski definition) is 4. The summed E-state index contributed by atoms with van der Waals surface area (Å²) in [6.45, 7) is 9.15. The fourth-order valence-electron chi connectivity index (χ4n) is 2.26. The molecule has 2 aromatic heterocycles. The standard InChI is InChI=1S/C14H19N5/c1-14(2,3)11-4-5-12(17-16-11)19-9-8-18-7-6-15-13(18)10-19/h4-7H,8-10H2,1-3H3. The molecule has 0 saturated heterocycles. The van der Waals surface area contributed by atoms with E-state index in [0.29, 0.717) is 0 Å². The maximum absolute atomic E-state index is 4.37. The first-order chi connectivity index (χ1) is 9.04. The van der Waals surface area contributed by atoms with Gasteiger partial charge in [0.2, 0.25) is 0 Å². The summed E-state index contributed by atoms with van der Waals surface area (Å²) in [6.07, 6.45) is 3.88. The molecule has 100 valence electrons. The Morgan fingerprint density at radius 1 is 1.11 bits per heavy atom. The van der Waals surface area contributed by atoms with Crippen LogP contribution < -0.4 is 4.90 Å². The van der Waals surface area contributed by atoms with E-state index in [1.54, 1.807) is 0 Å². The molecule has 0 unspecified atom stereocenters. The van der Waals surface area contributed by atoms with Crippen molar-refractivity contribution < 1.29 is 0 Å². The van der Waals surface area contributed by atoms with E-state index >= 15 is 0 Å². The van der Waals surface area contributed by atoms with Crippen LogP contribution in [0, 0.1) is 0 Å². The first-order valence-electron chi connectivity index (χ1n) is 6.63. The molecule has 0 N–H and O–H groups in total. The van der Waals surface area contributed by atoms with E-state index in [9.17, 15) is 0 Å². The fraction of sp³-hybridized carbons (Fsp3) is 0.500. The van der Waals surface area contributed by atoms with Crippen LogP contribution in [0.5, 0.6) is 0 Å². The second-order valence-corrected chi connectivity index (χ2v) is 5.99. The lowest BCUT2D eigenvalue weighted by Crippen LogP contribution is -2.34. The zero-order chi connectivity index (χ0) is 13.5. The van der Waals surface area contributed by atoms with Gasteiger partial charge in [0.25, 0.3) is 0 Å². The number of fused-ring (bicyclic) bond motifs is 1. The minimum absolute atomic E-state index is 0.0453. The summed E-state index contributed by atoms with van der Waals surface area (Å²) in [4.78, 5) is 6.59. The maximum Gasteiger partial charge on any atom is 0.151 e. The first-order valence-corrected chi connectivity index (χ1v) is 6.63. The largest absolute Gasteiger partial charge is 0.346 e. The summed E-state index contributed by atoms with van der Waals surface area (Å²) in [6, 6.07) is 4.13. The van der Waals surface area contributed by atoms with E-state index in [2.05, 4.69) is 57.6 Å². The normalized spacial score (nSPS) is 15.4. The summed E-state index contributed by atoms with van der Waals surface area (Å²) < 4.78 is 2.19. The van der Waals surface area contributed by atoms with Gasteiger partial charge in [0, 0.05) is 30.9 Å². The van der Waals surface area contributed by atoms with Crippen molar-refractivity contribution in [3.8, 4) is 0 Å². The quantitative estimate of drug-likeness (QED) is 0.784. The topological polar surface area (TPSA) is 46.8 Å². The molecule has 5 nitrogen and oxygen atoms in total. The monoisotopic (exact) mass is 257 g/mol. The molecule has 0 spiro atoms. The summed E-state index contributed by atoms with van der Waals surface area (Å²) >= 11 is 0. The maximum atomic E-state index is 4.37. The Labute approximate surface area is 113 Å². The highest BCUT2D eigenvalue weighted by Gasteiger charge is 2.20. The SMILES string of the molecule is CC(C)(C)c1ccc(N2CCn3ccnc3C2)nn1. The molecular weight excluding hydrogens is 238 g/mol. The molecule has 0 radical (unpaired) electrons. The van der Waals surface area contributed by atoms with Gasteiger partial charge in [0.1, 0.15) is 5.82 Å². The third kappa shape index (κ3) is 2.32. The highest BCUT2D eigenvalue weighted by molar-refractivity contribution is 5.39. The number of rotatable bonds is 1. The Hall–Kier alpha value is -1.91. The molecule has 0 aliphatic carbocycles.